The Labute approximate surface area is 103 Å². The summed E-state index contributed by atoms with van der Waals surface area (Å²) >= 11 is 1.19. The number of aliphatic hydroxyl groups is 1. The third-order valence-electron chi connectivity index (χ3n) is 2.14. The Kier molecular flexibility index (Phi) is 3.90. The molecule has 0 bridgehead atoms. The zero-order chi connectivity index (χ0) is 13.2. The SMILES string of the molecule is COC(=O)c1scc(C)c1NC(=O)C(C)(C)O. The van der Waals surface area contributed by atoms with Crippen LogP contribution in [0.15, 0.2) is 5.38 Å². The minimum absolute atomic E-state index is 0.322. The van der Waals surface area contributed by atoms with Gasteiger partial charge >= 0.3 is 5.97 Å². The molecule has 0 radical (unpaired) electrons. The highest BCUT2D eigenvalue weighted by atomic mass is 32.1. The number of amides is 1. The number of esters is 1. The quantitative estimate of drug-likeness (QED) is 0.806. The molecule has 5 nitrogen and oxygen atoms in total. The van der Waals surface area contributed by atoms with Gasteiger partial charge in [-0.25, -0.2) is 4.79 Å². The largest absolute Gasteiger partial charge is 0.465 e. The number of hydrogen-bond acceptors (Lipinski definition) is 5. The number of hydrogen-bond donors (Lipinski definition) is 2. The number of ether oxygens (including phenoxy) is 1. The Balaban J connectivity index is 3.02. The fourth-order valence-corrected chi connectivity index (χ4v) is 2.03. The summed E-state index contributed by atoms with van der Waals surface area (Å²) in [4.78, 5) is 23.4. The zero-order valence-corrected chi connectivity index (χ0v) is 11.0. The normalized spacial score (nSPS) is 11.1. The number of rotatable bonds is 3. The summed E-state index contributed by atoms with van der Waals surface area (Å²) < 4.78 is 4.62. The summed E-state index contributed by atoms with van der Waals surface area (Å²) in [6, 6.07) is 0. The maximum Gasteiger partial charge on any atom is 0.350 e. The van der Waals surface area contributed by atoms with Gasteiger partial charge in [0.15, 0.2) is 0 Å². The predicted octanol–water partition coefficient (Wildman–Crippen LogP) is 1.55. The number of anilines is 1. The summed E-state index contributed by atoms with van der Waals surface area (Å²) in [6.07, 6.45) is 0. The minimum Gasteiger partial charge on any atom is -0.465 e. The third kappa shape index (κ3) is 3.04. The summed E-state index contributed by atoms with van der Waals surface area (Å²) in [7, 11) is 1.28. The van der Waals surface area contributed by atoms with E-state index in [4.69, 9.17) is 0 Å². The van der Waals surface area contributed by atoms with E-state index in [1.54, 1.807) is 12.3 Å². The molecule has 0 aliphatic rings. The van der Waals surface area contributed by atoms with Crippen molar-refractivity contribution in [1.29, 1.82) is 0 Å². The molecule has 0 saturated carbocycles. The van der Waals surface area contributed by atoms with Crippen molar-refractivity contribution in [3.8, 4) is 0 Å². The van der Waals surface area contributed by atoms with Crippen molar-refractivity contribution in [2.75, 3.05) is 12.4 Å². The summed E-state index contributed by atoms with van der Waals surface area (Å²) in [6.45, 7) is 4.52. The number of methoxy groups -OCH3 is 1. The number of carbonyl (C=O) groups excluding carboxylic acids is 2. The zero-order valence-electron chi connectivity index (χ0n) is 10.2. The molecular formula is C11H15NO4S. The standard InChI is InChI=1S/C11H15NO4S/c1-6-5-17-8(9(13)16-4)7(6)12-10(14)11(2,3)15/h5,15H,1-4H3,(H,12,14). The first-order valence-electron chi connectivity index (χ1n) is 4.97. The summed E-state index contributed by atoms with van der Waals surface area (Å²) in [5.41, 5.74) is -0.344. The molecule has 0 saturated heterocycles. The van der Waals surface area contributed by atoms with Gasteiger partial charge in [-0.1, -0.05) is 0 Å². The lowest BCUT2D eigenvalue weighted by Gasteiger charge is -2.17. The minimum atomic E-state index is -1.50. The maximum absolute atomic E-state index is 11.6. The van der Waals surface area contributed by atoms with Crippen LogP contribution in [0.25, 0.3) is 0 Å². The van der Waals surface area contributed by atoms with Crippen molar-refractivity contribution in [1.82, 2.24) is 0 Å². The molecule has 6 heteroatoms. The number of aryl methyl sites for hydroxylation is 1. The highest BCUT2D eigenvalue weighted by molar-refractivity contribution is 7.12. The van der Waals surface area contributed by atoms with Crippen molar-refractivity contribution in [3.63, 3.8) is 0 Å². The van der Waals surface area contributed by atoms with Gasteiger partial charge in [-0.05, 0) is 31.7 Å². The average Bonchev–Trinajstić information content (AvgIpc) is 2.58. The lowest BCUT2D eigenvalue weighted by atomic mass is 10.1. The van der Waals surface area contributed by atoms with E-state index in [9.17, 15) is 14.7 Å². The smallest absolute Gasteiger partial charge is 0.350 e. The second-order valence-corrected chi connectivity index (χ2v) is 5.01. The molecule has 1 rings (SSSR count). The molecule has 1 aromatic heterocycles. The second kappa shape index (κ2) is 4.85. The van der Waals surface area contributed by atoms with Gasteiger partial charge in [0.1, 0.15) is 10.5 Å². The maximum atomic E-state index is 11.6. The molecule has 1 amide bonds. The first-order chi connectivity index (χ1) is 7.77. The van der Waals surface area contributed by atoms with Crippen LogP contribution in [-0.2, 0) is 9.53 Å². The van der Waals surface area contributed by atoms with Gasteiger partial charge in [0, 0.05) is 0 Å². The Morgan fingerprint density at radius 1 is 1.47 bits per heavy atom. The Morgan fingerprint density at radius 3 is 2.53 bits per heavy atom. The molecule has 1 heterocycles. The van der Waals surface area contributed by atoms with E-state index >= 15 is 0 Å². The van der Waals surface area contributed by atoms with Crippen LogP contribution in [-0.4, -0.2) is 29.7 Å². The van der Waals surface area contributed by atoms with Crippen LogP contribution in [0.5, 0.6) is 0 Å². The lowest BCUT2D eigenvalue weighted by molar-refractivity contribution is -0.130. The van der Waals surface area contributed by atoms with Gasteiger partial charge in [0.25, 0.3) is 5.91 Å². The van der Waals surface area contributed by atoms with Crippen LogP contribution in [0.1, 0.15) is 29.1 Å². The monoisotopic (exact) mass is 257 g/mol. The van der Waals surface area contributed by atoms with Gasteiger partial charge in [-0.3, -0.25) is 4.79 Å². The Morgan fingerprint density at radius 2 is 2.06 bits per heavy atom. The molecule has 0 aliphatic heterocycles. The fraction of sp³-hybridized carbons (Fsp3) is 0.455. The van der Waals surface area contributed by atoms with Crippen molar-refractivity contribution < 1.29 is 19.4 Å². The van der Waals surface area contributed by atoms with Gasteiger partial charge in [-0.15, -0.1) is 11.3 Å². The number of carbonyl (C=O) groups is 2. The third-order valence-corrected chi connectivity index (χ3v) is 3.22. The molecule has 0 aromatic carbocycles. The van der Waals surface area contributed by atoms with E-state index in [-0.39, 0.29) is 0 Å². The predicted molar refractivity (Wildman–Crippen MR) is 65.3 cm³/mol. The van der Waals surface area contributed by atoms with Crippen LogP contribution in [0.4, 0.5) is 5.69 Å². The lowest BCUT2D eigenvalue weighted by Crippen LogP contribution is -2.37. The first-order valence-corrected chi connectivity index (χ1v) is 5.85. The van der Waals surface area contributed by atoms with E-state index < -0.39 is 17.5 Å². The van der Waals surface area contributed by atoms with Gasteiger partial charge in [0.05, 0.1) is 12.8 Å². The second-order valence-electron chi connectivity index (χ2n) is 4.13. The van der Waals surface area contributed by atoms with Gasteiger partial charge in [-0.2, -0.15) is 0 Å². The van der Waals surface area contributed by atoms with E-state index in [2.05, 4.69) is 10.1 Å². The van der Waals surface area contributed by atoms with Crippen LogP contribution in [0, 0.1) is 6.92 Å². The highest BCUT2D eigenvalue weighted by Crippen LogP contribution is 2.28. The Bertz CT molecular complexity index is 445. The first kappa shape index (κ1) is 13.7. The van der Waals surface area contributed by atoms with E-state index in [1.165, 1.54) is 32.3 Å². The molecule has 0 fully saturated rings. The van der Waals surface area contributed by atoms with E-state index in [0.29, 0.717) is 10.6 Å². The van der Waals surface area contributed by atoms with Gasteiger partial charge < -0.3 is 15.2 Å². The van der Waals surface area contributed by atoms with Crippen LogP contribution >= 0.6 is 11.3 Å². The molecule has 17 heavy (non-hydrogen) atoms. The van der Waals surface area contributed by atoms with E-state index in [1.807, 2.05) is 0 Å². The topological polar surface area (TPSA) is 75.6 Å². The molecule has 1 aromatic rings. The van der Waals surface area contributed by atoms with Crippen molar-refractivity contribution in [2.24, 2.45) is 0 Å². The average molecular weight is 257 g/mol. The summed E-state index contributed by atoms with van der Waals surface area (Å²) in [5.74, 6) is -1.07. The molecule has 2 N–H and O–H groups in total. The van der Waals surface area contributed by atoms with Crippen LogP contribution < -0.4 is 5.32 Å². The highest BCUT2D eigenvalue weighted by Gasteiger charge is 2.27. The molecule has 94 valence electrons. The van der Waals surface area contributed by atoms with Crippen molar-refractivity contribution in [3.05, 3.63) is 15.8 Å². The van der Waals surface area contributed by atoms with Crippen LogP contribution in [0.2, 0.25) is 0 Å². The fourth-order valence-electron chi connectivity index (χ4n) is 1.11. The molecule has 0 atom stereocenters. The van der Waals surface area contributed by atoms with Gasteiger partial charge in [0.2, 0.25) is 0 Å². The number of nitrogens with one attached hydrogen (secondary N) is 1. The molecule has 0 unspecified atom stereocenters. The van der Waals surface area contributed by atoms with Crippen molar-refractivity contribution in [2.45, 2.75) is 26.4 Å². The molecular weight excluding hydrogens is 242 g/mol. The number of thiophene rings is 1. The van der Waals surface area contributed by atoms with Crippen molar-refractivity contribution >= 4 is 28.9 Å². The summed E-state index contributed by atoms with van der Waals surface area (Å²) in [5, 5.41) is 13.8. The Hall–Kier alpha value is -1.40. The van der Waals surface area contributed by atoms with Crippen LogP contribution in [0.3, 0.4) is 0 Å². The molecule has 0 aliphatic carbocycles. The van der Waals surface area contributed by atoms with E-state index in [0.717, 1.165) is 5.56 Å². The molecule has 0 spiro atoms.